The highest BCUT2D eigenvalue weighted by Gasteiger charge is 2.32. The molecule has 0 saturated heterocycles. The highest BCUT2D eigenvalue weighted by Crippen LogP contribution is 2.24. The van der Waals surface area contributed by atoms with Gasteiger partial charge in [0.1, 0.15) is 10.8 Å². The van der Waals surface area contributed by atoms with E-state index in [0.29, 0.717) is 18.2 Å². The first-order valence-corrected chi connectivity index (χ1v) is 6.58. The minimum absolute atomic E-state index is 0.0462. The summed E-state index contributed by atoms with van der Waals surface area (Å²) in [4.78, 5) is 12.3. The van der Waals surface area contributed by atoms with Gasteiger partial charge >= 0.3 is 0 Å². The maximum Gasteiger partial charge on any atom is 0.168 e. The van der Waals surface area contributed by atoms with E-state index in [1.165, 1.54) is 0 Å². The number of hydrogen-bond acceptors (Lipinski definition) is 3. The van der Waals surface area contributed by atoms with Gasteiger partial charge in [0, 0.05) is 25.6 Å². The summed E-state index contributed by atoms with van der Waals surface area (Å²) in [6.45, 7) is 8.06. The van der Waals surface area contributed by atoms with E-state index in [1.807, 2.05) is 27.7 Å². The van der Waals surface area contributed by atoms with Gasteiger partial charge in [-0.1, -0.05) is 18.5 Å². The second kappa shape index (κ2) is 5.85. The fourth-order valence-electron chi connectivity index (χ4n) is 1.92. The van der Waals surface area contributed by atoms with Crippen LogP contribution in [0.2, 0.25) is 5.15 Å². The Morgan fingerprint density at radius 3 is 2.50 bits per heavy atom. The van der Waals surface area contributed by atoms with E-state index in [1.54, 1.807) is 11.7 Å². The molecule has 0 fully saturated rings. The molecule has 1 heterocycles. The standard InChI is InChI=1S/C13H21ClN2O2/c1-6-13(4,18-7-2)11(17)8-10-9(3)15-16(5)12(10)14/h6-8H2,1-5H3. The van der Waals surface area contributed by atoms with Gasteiger partial charge in [0.25, 0.3) is 0 Å². The van der Waals surface area contributed by atoms with Crippen LogP contribution in [0.25, 0.3) is 0 Å². The lowest BCUT2D eigenvalue weighted by molar-refractivity contribution is -0.141. The second-order valence-corrected chi connectivity index (χ2v) is 4.95. The third-order valence-corrected chi connectivity index (χ3v) is 3.81. The van der Waals surface area contributed by atoms with Crippen LogP contribution in [0.3, 0.4) is 0 Å². The predicted octanol–water partition coefficient (Wildman–Crippen LogP) is 2.70. The molecule has 5 heteroatoms. The zero-order valence-electron chi connectivity index (χ0n) is 11.7. The molecule has 0 aliphatic rings. The van der Waals surface area contributed by atoms with Crippen molar-refractivity contribution >= 4 is 17.4 Å². The van der Waals surface area contributed by atoms with E-state index in [9.17, 15) is 4.79 Å². The van der Waals surface area contributed by atoms with Crippen molar-refractivity contribution < 1.29 is 9.53 Å². The average molecular weight is 273 g/mol. The van der Waals surface area contributed by atoms with Gasteiger partial charge < -0.3 is 4.74 Å². The first-order chi connectivity index (χ1) is 8.35. The topological polar surface area (TPSA) is 44.1 Å². The predicted molar refractivity (Wildman–Crippen MR) is 72.0 cm³/mol. The largest absolute Gasteiger partial charge is 0.368 e. The molecule has 1 unspecified atom stereocenters. The van der Waals surface area contributed by atoms with E-state index in [4.69, 9.17) is 16.3 Å². The summed E-state index contributed by atoms with van der Waals surface area (Å²) in [5.41, 5.74) is 0.856. The number of Topliss-reactive ketones (excluding diaryl/α,β-unsaturated/α-hetero) is 1. The lowest BCUT2D eigenvalue weighted by atomic mass is 9.92. The van der Waals surface area contributed by atoms with Gasteiger partial charge in [-0.3, -0.25) is 9.48 Å². The maximum absolute atomic E-state index is 12.3. The molecule has 1 aromatic rings. The van der Waals surface area contributed by atoms with Gasteiger partial charge in [-0.2, -0.15) is 5.10 Å². The van der Waals surface area contributed by atoms with Gasteiger partial charge in [-0.05, 0) is 27.2 Å². The normalized spacial score (nSPS) is 14.6. The van der Waals surface area contributed by atoms with Gasteiger partial charge in [0.05, 0.1) is 5.69 Å². The van der Waals surface area contributed by atoms with Crippen molar-refractivity contribution in [3.8, 4) is 0 Å². The van der Waals surface area contributed by atoms with Crippen molar-refractivity contribution in [3.63, 3.8) is 0 Å². The Kier molecular flexibility index (Phi) is 4.93. The lowest BCUT2D eigenvalue weighted by Crippen LogP contribution is -2.39. The smallest absolute Gasteiger partial charge is 0.168 e. The summed E-state index contributed by atoms with van der Waals surface area (Å²) in [5.74, 6) is 0.0462. The van der Waals surface area contributed by atoms with Gasteiger partial charge in [-0.25, -0.2) is 0 Å². The Balaban J connectivity index is 2.93. The van der Waals surface area contributed by atoms with Crippen molar-refractivity contribution in [1.82, 2.24) is 9.78 Å². The second-order valence-electron chi connectivity index (χ2n) is 4.60. The summed E-state index contributed by atoms with van der Waals surface area (Å²) >= 11 is 6.14. The van der Waals surface area contributed by atoms with Crippen molar-refractivity contribution in [2.45, 2.75) is 46.1 Å². The van der Waals surface area contributed by atoms with Crippen LogP contribution in [0.1, 0.15) is 38.4 Å². The van der Waals surface area contributed by atoms with E-state index in [0.717, 1.165) is 11.3 Å². The highest BCUT2D eigenvalue weighted by atomic mass is 35.5. The Morgan fingerprint density at radius 1 is 1.50 bits per heavy atom. The minimum Gasteiger partial charge on any atom is -0.368 e. The molecule has 1 rings (SSSR count). The summed E-state index contributed by atoms with van der Waals surface area (Å²) in [6.07, 6.45) is 0.916. The summed E-state index contributed by atoms with van der Waals surface area (Å²) in [7, 11) is 1.77. The highest BCUT2D eigenvalue weighted by molar-refractivity contribution is 6.30. The van der Waals surface area contributed by atoms with Crippen LogP contribution in [0.5, 0.6) is 0 Å². The third kappa shape index (κ3) is 2.93. The van der Waals surface area contributed by atoms with Crippen LogP contribution >= 0.6 is 11.6 Å². The zero-order chi connectivity index (χ0) is 13.9. The molecular weight excluding hydrogens is 252 g/mol. The number of halogens is 1. The van der Waals surface area contributed by atoms with E-state index >= 15 is 0 Å². The SMILES string of the molecule is CCOC(C)(CC)C(=O)Cc1c(C)nn(C)c1Cl. The van der Waals surface area contributed by atoms with E-state index in [2.05, 4.69) is 5.10 Å². The van der Waals surface area contributed by atoms with Crippen LogP contribution in [0.4, 0.5) is 0 Å². The molecule has 0 spiro atoms. The van der Waals surface area contributed by atoms with E-state index in [-0.39, 0.29) is 12.2 Å². The molecule has 0 bridgehead atoms. The van der Waals surface area contributed by atoms with Crippen molar-refractivity contribution in [1.29, 1.82) is 0 Å². The average Bonchev–Trinajstić information content (AvgIpc) is 2.56. The number of hydrogen-bond donors (Lipinski definition) is 0. The van der Waals surface area contributed by atoms with Crippen molar-refractivity contribution in [2.24, 2.45) is 7.05 Å². The molecule has 18 heavy (non-hydrogen) atoms. The number of rotatable bonds is 6. The molecule has 4 nitrogen and oxygen atoms in total. The van der Waals surface area contributed by atoms with Crippen LogP contribution in [0.15, 0.2) is 0 Å². The Morgan fingerprint density at radius 2 is 2.11 bits per heavy atom. The maximum atomic E-state index is 12.3. The molecule has 0 aliphatic carbocycles. The molecule has 0 aliphatic heterocycles. The Labute approximate surface area is 113 Å². The molecule has 1 atom stereocenters. The quantitative estimate of drug-likeness (QED) is 0.800. The molecule has 0 aromatic carbocycles. The number of carbonyl (C=O) groups is 1. The molecule has 102 valence electrons. The molecule has 0 N–H and O–H groups in total. The zero-order valence-corrected chi connectivity index (χ0v) is 12.5. The summed E-state index contributed by atoms with van der Waals surface area (Å²) in [6, 6.07) is 0. The first-order valence-electron chi connectivity index (χ1n) is 6.21. The van der Waals surface area contributed by atoms with Crippen LogP contribution in [-0.2, 0) is 23.0 Å². The van der Waals surface area contributed by atoms with Gasteiger partial charge in [0.2, 0.25) is 0 Å². The van der Waals surface area contributed by atoms with Crippen LogP contribution in [-0.4, -0.2) is 27.8 Å². The number of nitrogens with zero attached hydrogens (tertiary/aromatic N) is 2. The third-order valence-electron chi connectivity index (χ3n) is 3.33. The number of ketones is 1. The minimum atomic E-state index is -0.736. The fraction of sp³-hybridized carbons (Fsp3) is 0.692. The van der Waals surface area contributed by atoms with E-state index < -0.39 is 5.60 Å². The number of aryl methyl sites for hydroxylation is 2. The molecular formula is C13H21ClN2O2. The first kappa shape index (κ1) is 15.2. The Bertz CT molecular complexity index is 442. The fourth-order valence-corrected chi connectivity index (χ4v) is 2.16. The number of ether oxygens (including phenoxy) is 1. The molecule has 1 aromatic heterocycles. The van der Waals surface area contributed by atoms with Gasteiger partial charge in [-0.15, -0.1) is 0 Å². The van der Waals surface area contributed by atoms with Crippen LogP contribution in [0, 0.1) is 6.92 Å². The lowest BCUT2D eigenvalue weighted by Gasteiger charge is -2.26. The monoisotopic (exact) mass is 272 g/mol. The van der Waals surface area contributed by atoms with Crippen molar-refractivity contribution in [2.75, 3.05) is 6.61 Å². The van der Waals surface area contributed by atoms with Gasteiger partial charge in [0.15, 0.2) is 5.78 Å². The summed E-state index contributed by atoms with van der Waals surface area (Å²) < 4.78 is 7.17. The molecule has 0 amide bonds. The number of carbonyl (C=O) groups excluding carboxylic acids is 1. The Hall–Kier alpha value is -0.870. The van der Waals surface area contributed by atoms with Crippen molar-refractivity contribution in [3.05, 3.63) is 16.4 Å². The number of aromatic nitrogens is 2. The van der Waals surface area contributed by atoms with Crippen LogP contribution < -0.4 is 0 Å². The summed E-state index contributed by atoms with van der Waals surface area (Å²) in [5, 5.41) is 4.73. The molecule has 0 radical (unpaired) electrons. The molecule has 0 saturated carbocycles.